The molecule has 10 heteroatoms. The number of aromatic amines is 1. The third-order valence-electron chi connectivity index (χ3n) is 5.19. The SMILES string of the molecule is Cl.O=C(C1CCCCN1)N1CCN(S(=O)(=O)c2c[nH]c3ncccc23)CC1. The molecule has 8 nitrogen and oxygen atoms in total. The highest BCUT2D eigenvalue weighted by Gasteiger charge is 2.34. The normalized spacial score (nSPS) is 21.8. The monoisotopic (exact) mass is 413 g/mol. The maximum absolute atomic E-state index is 13.0. The maximum Gasteiger partial charge on any atom is 0.245 e. The third kappa shape index (κ3) is 3.82. The summed E-state index contributed by atoms with van der Waals surface area (Å²) in [7, 11) is -3.61. The van der Waals surface area contributed by atoms with Crippen LogP contribution in [0.3, 0.4) is 0 Å². The number of amides is 1. The number of hydrogen-bond acceptors (Lipinski definition) is 5. The molecule has 2 aromatic rings. The van der Waals surface area contributed by atoms with E-state index in [4.69, 9.17) is 0 Å². The van der Waals surface area contributed by atoms with Crippen LogP contribution < -0.4 is 5.32 Å². The van der Waals surface area contributed by atoms with Gasteiger partial charge < -0.3 is 15.2 Å². The third-order valence-corrected chi connectivity index (χ3v) is 7.13. The van der Waals surface area contributed by atoms with E-state index in [9.17, 15) is 13.2 Å². The lowest BCUT2D eigenvalue weighted by molar-refractivity contribution is -0.135. The number of hydrogen-bond donors (Lipinski definition) is 2. The molecule has 1 amide bonds. The minimum atomic E-state index is -3.61. The average molecular weight is 414 g/mol. The second-order valence-corrected chi connectivity index (χ2v) is 8.69. The highest BCUT2D eigenvalue weighted by molar-refractivity contribution is 7.89. The predicted octanol–water partition coefficient (Wildman–Crippen LogP) is 0.960. The number of sulfonamides is 1. The molecule has 0 radical (unpaired) electrons. The van der Waals surface area contributed by atoms with Gasteiger partial charge in [0.25, 0.3) is 0 Å². The van der Waals surface area contributed by atoms with Crippen molar-refractivity contribution in [2.24, 2.45) is 0 Å². The molecule has 0 bridgehead atoms. The van der Waals surface area contributed by atoms with E-state index in [1.54, 1.807) is 23.2 Å². The Morgan fingerprint density at radius 1 is 1.19 bits per heavy atom. The van der Waals surface area contributed by atoms with Gasteiger partial charge in [-0.15, -0.1) is 12.4 Å². The zero-order chi connectivity index (χ0) is 18.1. The van der Waals surface area contributed by atoms with Crippen molar-refractivity contribution in [3.8, 4) is 0 Å². The minimum Gasteiger partial charge on any atom is -0.345 e. The number of piperidine rings is 1. The quantitative estimate of drug-likeness (QED) is 0.780. The van der Waals surface area contributed by atoms with Crippen LogP contribution in [-0.2, 0) is 14.8 Å². The fourth-order valence-electron chi connectivity index (χ4n) is 3.72. The van der Waals surface area contributed by atoms with Gasteiger partial charge in [0.05, 0.1) is 6.04 Å². The Balaban J connectivity index is 0.00000210. The topological polar surface area (TPSA) is 98.4 Å². The molecule has 1 unspecified atom stereocenters. The summed E-state index contributed by atoms with van der Waals surface area (Å²) in [5.41, 5.74) is 0.559. The van der Waals surface area contributed by atoms with E-state index in [-0.39, 0.29) is 29.3 Å². The fourth-order valence-corrected chi connectivity index (χ4v) is 5.29. The molecule has 148 valence electrons. The van der Waals surface area contributed by atoms with Crippen LogP contribution in [0, 0.1) is 0 Å². The van der Waals surface area contributed by atoms with Crippen LogP contribution in [0.25, 0.3) is 11.0 Å². The van der Waals surface area contributed by atoms with E-state index in [0.717, 1.165) is 25.8 Å². The summed E-state index contributed by atoms with van der Waals surface area (Å²) in [5.74, 6) is 0.0954. The summed E-state index contributed by atoms with van der Waals surface area (Å²) < 4.78 is 27.5. The minimum absolute atomic E-state index is 0. The first-order valence-corrected chi connectivity index (χ1v) is 10.5. The Bertz CT molecular complexity index is 902. The number of aromatic nitrogens is 2. The van der Waals surface area contributed by atoms with E-state index >= 15 is 0 Å². The van der Waals surface area contributed by atoms with Crippen molar-refractivity contribution in [1.29, 1.82) is 0 Å². The van der Waals surface area contributed by atoms with Gasteiger partial charge >= 0.3 is 0 Å². The Labute approximate surface area is 164 Å². The molecule has 1 atom stereocenters. The zero-order valence-electron chi connectivity index (χ0n) is 14.9. The van der Waals surface area contributed by atoms with Gasteiger partial charge in [0.1, 0.15) is 10.5 Å². The molecule has 0 aliphatic carbocycles. The van der Waals surface area contributed by atoms with Crippen molar-refractivity contribution in [3.63, 3.8) is 0 Å². The molecule has 2 aliphatic heterocycles. The Morgan fingerprint density at radius 2 is 1.96 bits per heavy atom. The van der Waals surface area contributed by atoms with Gasteiger partial charge in [0.2, 0.25) is 15.9 Å². The molecule has 27 heavy (non-hydrogen) atoms. The van der Waals surface area contributed by atoms with Gasteiger partial charge in [0, 0.05) is 44.0 Å². The lowest BCUT2D eigenvalue weighted by Gasteiger charge is -2.36. The molecule has 0 saturated carbocycles. The van der Waals surface area contributed by atoms with Gasteiger partial charge in [-0.1, -0.05) is 6.42 Å². The second kappa shape index (κ2) is 8.14. The summed E-state index contributed by atoms with van der Waals surface area (Å²) in [4.78, 5) is 21.7. The van der Waals surface area contributed by atoms with Crippen molar-refractivity contribution in [1.82, 2.24) is 24.5 Å². The summed E-state index contributed by atoms with van der Waals surface area (Å²) in [6.45, 7) is 2.36. The van der Waals surface area contributed by atoms with Crippen LogP contribution in [0.5, 0.6) is 0 Å². The Morgan fingerprint density at radius 3 is 2.67 bits per heavy atom. The first-order chi connectivity index (χ1) is 12.6. The van der Waals surface area contributed by atoms with Crippen LogP contribution in [0.15, 0.2) is 29.4 Å². The summed E-state index contributed by atoms with van der Waals surface area (Å²) in [6, 6.07) is 3.36. The van der Waals surface area contributed by atoms with E-state index in [1.165, 1.54) is 10.5 Å². The number of carbonyl (C=O) groups excluding carboxylic acids is 1. The van der Waals surface area contributed by atoms with Gasteiger partial charge in [-0.05, 0) is 31.5 Å². The summed E-state index contributed by atoms with van der Waals surface area (Å²) in [6.07, 6.45) is 6.15. The zero-order valence-corrected chi connectivity index (χ0v) is 16.6. The van der Waals surface area contributed by atoms with Gasteiger partial charge in [0.15, 0.2) is 0 Å². The molecule has 2 aromatic heterocycles. The lowest BCUT2D eigenvalue weighted by atomic mass is 10.0. The highest BCUT2D eigenvalue weighted by atomic mass is 35.5. The number of carbonyl (C=O) groups is 1. The molecule has 0 spiro atoms. The number of fused-ring (bicyclic) bond motifs is 1. The molecular weight excluding hydrogens is 390 g/mol. The first kappa shape index (κ1) is 20.1. The van der Waals surface area contributed by atoms with Crippen molar-refractivity contribution >= 4 is 39.4 Å². The molecule has 2 fully saturated rings. The Kier molecular flexibility index (Phi) is 6.05. The summed E-state index contributed by atoms with van der Waals surface area (Å²) in [5, 5.41) is 3.86. The fraction of sp³-hybridized carbons (Fsp3) is 0.529. The standard InChI is InChI=1S/C17H23N5O3S.ClH/c23-17(14-5-1-2-6-18-14)21-8-10-22(11-9-21)26(24,25)15-12-20-16-13(15)4-3-7-19-16;/h3-4,7,12,14,18H,1-2,5-6,8-11H2,(H,19,20);1H. The smallest absolute Gasteiger partial charge is 0.245 e. The first-order valence-electron chi connectivity index (χ1n) is 9.02. The van der Waals surface area contributed by atoms with E-state index in [0.29, 0.717) is 37.2 Å². The van der Waals surface area contributed by atoms with Crippen LogP contribution in [0.2, 0.25) is 0 Å². The van der Waals surface area contributed by atoms with Crippen molar-refractivity contribution < 1.29 is 13.2 Å². The van der Waals surface area contributed by atoms with E-state index in [2.05, 4.69) is 15.3 Å². The molecule has 2 N–H and O–H groups in total. The molecular formula is C17H24ClN5O3S. The number of piperazine rings is 1. The van der Waals surface area contributed by atoms with E-state index < -0.39 is 10.0 Å². The maximum atomic E-state index is 13.0. The molecule has 4 heterocycles. The summed E-state index contributed by atoms with van der Waals surface area (Å²) >= 11 is 0. The number of rotatable bonds is 3. The van der Waals surface area contributed by atoms with E-state index in [1.807, 2.05) is 0 Å². The highest BCUT2D eigenvalue weighted by Crippen LogP contribution is 2.25. The van der Waals surface area contributed by atoms with Crippen LogP contribution in [-0.4, -0.2) is 72.3 Å². The number of nitrogens with one attached hydrogen (secondary N) is 2. The molecule has 4 rings (SSSR count). The number of pyridine rings is 1. The van der Waals surface area contributed by atoms with Crippen LogP contribution in [0.1, 0.15) is 19.3 Å². The number of H-pyrrole nitrogens is 1. The largest absolute Gasteiger partial charge is 0.345 e. The second-order valence-electron chi connectivity index (χ2n) is 6.78. The molecule has 2 aliphatic rings. The predicted molar refractivity (Wildman–Crippen MR) is 104 cm³/mol. The Hall–Kier alpha value is -1.68. The van der Waals surface area contributed by atoms with Crippen molar-refractivity contribution in [3.05, 3.63) is 24.5 Å². The number of halogens is 1. The van der Waals surface area contributed by atoms with Crippen LogP contribution in [0.4, 0.5) is 0 Å². The van der Waals surface area contributed by atoms with Gasteiger partial charge in [-0.2, -0.15) is 4.31 Å². The average Bonchev–Trinajstić information content (AvgIpc) is 3.13. The van der Waals surface area contributed by atoms with Crippen molar-refractivity contribution in [2.45, 2.75) is 30.2 Å². The number of nitrogens with zero attached hydrogens (tertiary/aromatic N) is 3. The molecule has 2 saturated heterocycles. The van der Waals surface area contributed by atoms with Crippen LogP contribution >= 0.6 is 12.4 Å². The van der Waals surface area contributed by atoms with Gasteiger partial charge in [-0.3, -0.25) is 4.79 Å². The lowest BCUT2D eigenvalue weighted by Crippen LogP contribution is -2.55. The molecule has 0 aromatic carbocycles. The van der Waals surface area contributed by atoms with Gasteiger partial charge in [-0.25, -0.2) is 13.4 Å². The van der Waals surface area contributed by atoms with Crippen molar-refractivity contribution in [2.75, 3.05) is 32.7 Å².